The Morgan fingerprint density at radius 3 is 2.14 bits per heavy atom. The van der Waals surface area contributed by atoms with Gasteiger partial charge in [-0.05, 0) is 89.9 Å². The second kappa shape index (κ2) is 12.2. The highest BCUT2D eigenvalue weighted by atomic mass is 28.4. The molecule has 0 amide bonds. The molecule has 2 aromatic carbocycles. The van der Waals surface area contributed by atoms with Crippen molar-refractivity contribution in [3.63, 3.8) is 0 Å². The molecule has 3 saturated carbocycles. The maximum Gasteiger partial charge on any atom is 0.302 e. The number of carbonyl (C=O) groups excluding carboxylic acids is 2. The first-order chi connectivity index (χ1) is 20.3. The van der Waals surface area contributed by atoms with Gasteiger partial charge >= 0.3 is 5.97 Å². The van der Waals surface area contributed by atoms with Gasteiger partial charge in [0.05, 0.1) is 12.7 Å². The summed E-state index contributed by atoms with van der Waals surface area (Å²) in [4.78, 5) is 38.0. The zero-order valence-corrected chi connectivity index (χ0v) is 27.9. The fourth-order valence-corrected chi connectivity index (χ4v) is 13.4. The summed E-state index contributed by atoms with van der Waals surface area (Å²) in [6.07, 6.45) is 7.22. The normalized spacial score (nSPS) is 33.2. The van der Waals surface area contributed by atoms with Crippen LogP contribution in [0.4, 0.5) is 0 Å². The fraction of sp³-hybridized carbons (Fsp3) is 0.622. The molecule has 234 valence electrons. The molecule has 0 radical (unpaired) electrons. The van der Waals surface area contributed by atoms with E-state index in [2.05, 4.69) is 52.0 Å². The van der Waals surface area contributed by atoms with Crippen molar-refractivity contribution in [1.29, 1.82) is 0 Å². The number of ether oxygens (including phenoxy) is 1. The van der Waals surface area contributed by atoms with Gasteiger partial charge in [-0.2, -0.15) is 0 Å². The lowest BCUT2D eigenvalue weighted by Gasteiger charge is -2.56. The minimum absolute atomic E-state index is 0.0852. The summed E-state index contributed by atoms with van der Waals surface area (Å²) >= 11 is 0. The molecule has 5 nitrogen and oxygen atoms in total. The Labute approximate surface area is 259 Å². The Kier molecular flexibility index (Phi) is 9.15. The van der Waals surface area contributed by atoms with Crippen LogP contribution in [-0.4, -0.2) is 42.7 Å². The zero-order valence-electron chi connectivity index (χ0n) is 26.9. The predicted octanol–water partition coefficient (Wildman–Crippen LogP) is 6.04. The van der Waals surface area contributed by atoms with Crippen molar-refractivity contribution in [3.05, 3.63) is 60.7 Å². The molecule has 3 aliphatic rings. The maximum absolute atomic E-state index is 13.3. The SMILES string of the molecule is CC(=O)OC[C@H]1C[C@@H](O)CC[C@]1(C)[C@H]1CC[C@]2(C)C(=O)CC[C@H]2[C@@H]1CCC(C)(C)[Si](O)(c1ccccc1)c1ccccc1. The molecule has 7 atom stereocenters. The zero-order chi connectivity index (χ0) is 31.0. The van der Waals surface area contributed by atoms with Crippen LogP contribution < -0.4 is 10.4 Å². The van der Waals surface area contributed by atoms with Gasteiger partial charge in [0, 0.05) is 24.7 Å². The Balaban J connectivity index is 1.50. The molecule has 0 aliphatic heterocycles. The van der Waals surface area contributed by atoms with Crippen LogP contribution in [0.25, 0.3) is 0 Å². The van der Waals surface area contributed by atoms with Crippen LogP contribution in [0.15, 0.2) is 60.7 Å². The minimum atomic E-state index is -3.17. The second-order valence-corrected chi connectivity index (χ2v) is 19.0. The molecule has 5 rings (SSSR count). The third-order valence-corrected chi connectivity index (χ3v) is 17.0. The van der Waals surface area contributed by atoms with Crippen molar-refractivity contribution in [1.82, 2.24) is 0 Å². The van der Waals surface area contributed by atoms with Gasteiger partial charge in [0.15, 0.2) is 0 Å². The molecule has 2 aromatic rings. The topological polar surface area (TPSA) is 83.8 Å². The van der Waals surface area contributed by atoms with Gasteiger partial charge in [-0.25, -0.2) is 0 Å². The van der Waals surface area contributed by atoms with E-state index in [1.807, 2.05) is 36.4 Å². The van der Waals surface area contributed by atoms with Crippen LogP contribution in [0.3, 0.4) is 0 Å². The van der Waals surface area contributed by atoms with Crippen LogP contribution in [0, 0.1) is 34.5 Å². The Bertz CT molecular complexity index is 1240. The third kappa shape index (κ3) is 5.80. The van der Waals surface area contributed by atoms with Gasteiger partial charge in [-0.1, -0.05) is 88.4 Å². The Hall–Kier alpha value is -2.28. The van der Waals surface area contributed by atoms with Gasteiger partial charge in [-0.3, -0.25) is 9.59 Å². The van der Waals surface area contributed by atoms with E-state index in [-0.39, 0.29) is 33.9 Å². The van der Waals surface area contributed by atoms with E-state index in [0.717, 1.165) is 55.3 Å². The molecule has 0 bridgehead atoms. The molecular formula is C37H52O5Si. The van der Waals surface area contributed by atoms with Crippen molar-refractivity contribution in [2.75, 3.05) is 6.61 Å². The monoisotopic (exact) mass is 604 g/mol. The average molecular weight is 605 g/mol. The van der Waals surface area contributed by atoms with Gasteiger partial charge in [0.25, 0.3) is 8.32 Å². The number of carbonyl (C=O) groups is 2. The lowest BCUT2D eigenvalue weighted by Crippen LogP contribution is -2.65. The van der Waals surface area contributed by atoms with E-state index in [0.29, 0.717) is 43.0 Å². The highest BCUT2D eigenvalue weighted by Crippen LogP contribution is 2.63. The van der Waals surface area contributed by atoms with Gasteiger partial charge < -0.3 is 14.6 Å². The number of fused-ring (bicyclic) bond motifs is 1. The fourth-order valence-electron chi connectivity index (χ4n) is 9.66. The molecule has 2 N–H and O–H groups in total. The van der Waals surface area contributed by atoms with Gasteiger partial charge in [-0.15, -0.1) is 0 Å². The molecule has 0 saturated heterocycles. The summed E-state index contributed by atoms with van der Waals surface area (Å²) in [5.41, 5.74) is -0.378. The summed E-state index contributed by atoms with van der Waals surface area (Å²) < 4.78 is 5.60. The van der Waals surface area contributed by atoms with Crippen molar-refractivity contribution >= 4 is 30.4 Å². The number of Topliss-reactive ketones (excluding diaryl/α,β-unsaturated/α-hetero) is 1. The van der Waals surface area contributed by atoms with E-state index < -0.39 is 8.32 Å². The molecule has 3 aliphatic carbocycles. The van der Waals surface area contributed by atoms with E-state index in [1.54, 1.807) is 0 Å². The molecule has 0 aromatic heterocycles. The van der Waals surface area contributed by atoms with Crippen molar-refractivity contribution < 1.29 is 24.2 Å². The van der Waals surface area contributed by atoms with Crippen LogP contribution in [0.5, 0.6) is 0 Å². The first-order valence-electron chi connectivity index (χ1n) is 16.5. The first kappa shape index (κ1) is 32.1. The second-order valence-electron chi connectivity index (χ2n) is 15.1. The van der Waals surface area contributed by atoms with Crippen molar-refractivity contribution in [3.8, 4) is 0 Å². The number of rotatable bonds is 9. The van der Waals surface area contributed by atoms with E-state index in [1.165, 1.54) is 6.92 Å². The van der Waals surface area contributed by atoms with Crippen LogP contribution in [0.2, 0.25) is 5.04 Å². The number of aliphatic hydroxyl groups excluding tert-OH is 1. The first-order valence-corrected chi connectivity index (χ1v) is 18.5. The standard InChI is InChI=1S/C37H52O5Si/c1-26(38)42-25-27-24-28(39)18-22-36(27,4)33-20-23-37(5)32(16-17-34(37)40)31(33)19-21-35(2,3)43(41,29-12-8-6-9-13-29)30-14-10-7-11-15-30/h6-15,27-28,31-33,39,41H,16-25H2,1-5H3/t27-,28+,31+,32+,33+,36+,37+/m1/s1. The van der Waals surface area contributed by atoms with E-state index in [4.69, 9.17) is 4.74 Å². The Morgan fingerprint density at radius 1 is 0.953 bits per heavy atom. The number of ketones is 1. The highest BCUT2D eigenvalue weighted by Gasteiger charge is 2.59. The smallest absolute Gasteiger partial charge is 0.302 e. The minimum Gasteiger partial charge on any atom is -0.466 e. The lowest BCUT2D eigenvalue weighted by atomic mass is 9.49. The van der Waals surface area contributed by atoms with E-state index >= 15 is 0 Å². The quantitative estimate of drug-likeness (QED) is 0.269. The summed E-state index contributed by atoms with van der Waals surface area (Å²) in [6.45, 7) is 10.9. The molecular weight excluding hydrogens is 552 g/mol. The highest BCUT2D eigenvalue weighted by molar-refractivity contribution is 6.98. The van der Waals surface area contributed by atoms with E-state index in [9.17, 15) is 19.5 Å². The van der Waals surface area contributed by atoms with Crippen LogP contribution in [0.1, 0.15) is 92.4 Å². The van der Waals surface area contributed by atoms with Crippen LogP contribution >= 0.6 is 0 Å². The summed E-state index contributed by atoms with van der Waals surface area (Å²) in [6, 6.07) is 20.5. The summed E-state index contributed by atoms with van der Waals surface area (Å²) in [5, 5.41) is 12.4. The summed E-state index contributed by atoms with van der Waals surface area (Å²) in [5.74, 6) is 1.24. The molecule has 0 heterocycles. The molecule has 43 heavy (non-hydrogen) atoms. The number of aliphatic hydroxyl groups is 1. The van der Waals surface area contributed by atoms with Gasteiger partial charge in [0.2, 0.25) is 0 Å². The van der Waals surface area contributed by atoms with Crippen molar-refractivity contribution in [2.24, 2.45) is 34.5 Å². The number of esters is 1. The number of benzene rings is 2. The number of hydrogen-bond acceptors (Lipinski definition) is 5. The largest absolute Gasteiger partial charge is 0.466 e. The number of hydrogen-bond donors (Lipinski definition) is 2. The molecule has 0 spiro atoms. The average Bonchev–Trinajstić information content (AvgIpc) is 3.30. The third-order valence-electron chi connectivity index (χ3n) is 12.5. The summed E-state index contributed by atoms with van der Waals surface area (Å²) in [7, 11) is -3.17. The lowest BCUT2D eigenvalue weighted by molar-refractivity contribution is -0.152. The maximum atomic E-state index is 13.3. The Morgan fingerprint density at radius 2 is 1.56 bits per heavy atom. The molecule has 3 fully saturated rings. The molecule has 0 unspecified atom stereocenters. The predicted molar refractivity (Wildman–Crippen MR) is 174 cm³/mol. The molecule has 6 heteroatoms. The van der Waals surface area contributed by atoms with Gasteiger partial charge in [0.1, 0.15) is 5.78 Å². The van der Waals surface area contributed by atoms with Crippen LogP contribution in [-0.2, 0) is 14.3 Å². The van der Waals surface area contributed by atoms with Crippen molar-refractivity contribution in [2.45, 2.75) is 104 Å².